The minimum atomic E-state index is 0. The number of nitrogens with one attached hydrogen (secondary N) is 3. The van der Waals surface area contributed by atoms with Gasteiger partial charge in [-0.25, -0.2) is 4.98 Å². The first-order valence-electron chi connectivity index (χ1n) is 9.74. The molecule has 6 nitrogen and oxygen atoms in total. The first kappa shape index (κ1) is 23.0. The maximum Gasteiger partial charge on any atom is 0.191 e. The Morgan fingerprint density at radius 1 is 1.23 bits per heavy atom. The Morgan fingerprint density at radius 3 is 2.81 bits per heavy atom. The van der Waals surface area contributed by atoms with Crippen LogP contribution in [0.25, 0.3) is 0 Å². The molecule has 0 amide bonds. The highest BCUT2D eigenvalue weighted by molar-refractivity contribution is 14.0. The largest absolute Gasteiger partial charge is 0.370 e. The number of aliphatic imine (C=N–C) groups is 1. The van der Waals surface area contributed by atoms with Crippen LogP contribution in [-0.4, -0.2) is 61.2 Å². The van der Waals surface area contributed by atoms with Crippen molar-refractivity contribution in [1.82, 2.24) is 20.5 Å². The van der Waals surface area contributed by atoms with Crippen LogP contribution in [-0.2, 0) is 0 Å². The van der Waals surface area contributed by atoms with Crippen molar-refractivity contribution in [1.29, 1.82) is 0 Å². The van der Waals surface area contributed by atoms with E-state index < -0.39 is 0 Å². The molecule has 1 aliphatic heterocycles. The van der Waals surface area contributed by atoms with Gasteiger partial charge in [-0.2, -0.15) is 0 Å². The molecule has 0 saturated carbocycles. The van der Waals surface area contributed by atoms with Gasteiger partial charge in [-0.05, 0) is 57.8 Å². The zero-order valence-corrected chi connectivity index (χ0v) is 18.5. The molecule has 1 aromatic rings. The second-order valence-corrected chi connectivity index (χ2v) is 6.42. The van der Waals surface area contributed by atoms with Gasteiger partial charge in [0.2, 0.25) is 0 Å². The molecular weight excluding hydrogens is 439 g/mol. The number of hydrogen-bond acceptors (Lipinski definition) is 4. The summed E-state index contributed by atoms with van der Waals surface area (Å²) in [6.07, 6.45) is 6.61. The van der Waals surface area contributed by atoms with E-state index in [4.69, 9.17) is 4.99 Å². The van der Waals surface area contributed by atoms with Crippen molar-refractivity contribution >= 4 is 35.8 Å². The third-order valence-electron chi connectivity index (χ3n) is 4.58. The number of unbranched alkanes of at least 4 members (excludes halogenated alkanes) is 1. The standard InChI is InChI=1S/C19H34N6.HI/c1-3-20-19(24-16-17-10-9-15-25(17)4-2)23-14-8-7-13-22-18-11-5-6-12-21-18;/h5-6,11-12,17H,3-4,7-10,13-16H2,1-2H3,(H,21,22)(H2,20,23,24);1H. The third-order valence-corrected chi connectivity index (χ3v) is 4.58. The lowest BCUT2D eigenvalue weighted by Crippen LogP contribution is -2.39. The average Bonchev–Trinajstić information content (AvgIpc) is 3.11. The van der Waals surface area contributed by atoms with E-state index in [1.54, 1.807) is 0 Å². The summed E-state index contributed by atoms with van der Waals surface area (Å²) in [4.78, 5) is 11.6. The number of halogens is 1. The van der Waals surface area contributed by atoms with Gasteiger partial charge >= 0.3 is 0 Å². The lowest BCUT2D eigenvalue weighted by molar-refractivity contribution is 0.273. The smallest absolute Gasteiger partial charge is 0.191 e. The monoisotopic (exact) mass is 474 g/mol. The van der Waals surface area contributed by atoms with Crippen LogP contribution < -0.4 is 16.0 Å². The van der Waals surface area contributed by atoms with Crippen molar-refractivity contribution in [3.8, 4) is 0 Å². The van der Waals surface area contributed by atoms with Crippen LogP contribution >= 0.6 is 24.0 Å². The molecule has 1 aliphatic rings. The summed E-state index contributed by atoms with van der Waals surface area (Å²) in [7, 11) is 0. The molecule has 3 N–H and O–H groups in total. The van der Waals surface area contributed by atoms with Gasteiger partial charge in [0, 0.05) is 31.9 Å². The molecule has 2 heterocycles. The van der Waals surface area contributed by atoms with E-state index in [-0.39, 0.29) is 24.0 Å². The van der Waals surface area contributed by atoms with E-state index in [0.717, 1.165) is 57.3 Å². The number of likely N-dealkylation sites (tertiary alicyclic amines) is 1. The molecule has 1 aromatic heterocycles. The molecule has 7 heteroatoms. The number of nitrogens with zero attached hydrogens (tertiary/aromatic N) is 3. The fourth-order valence-corrected chi connectivity index (χ4v) is 3.20. The van der Waals surface area contributed by atoms with Crippen molar-refractivity contribution in [3.05, 3.63) is 24.4 Å². The van der Waals surface area contributed by atoms with Crippen LogP contribution in [0.1, 0.15) is 39.5 Å². The Balaban J connectivity index is 0.00000338. The maximum atomic E-state index is 4.79. The summed E-state index contributed by atoms with van der Waals surface area (Å²) in [6, 6.07) is 6.54. The van der Waals surface area contributed by atoms with E-state index in [9.17, 15) is 0 Å². The third kappa shape index (κ3) is 8.53. The summed E-state index contributed by atoms with van der Waals surface area (Å²) in [6.45, 7) is 10.4. The topological polar surface area (TPSA) is 64.6 Å². The van der Waals surface area contributed by atoms with E-state index >= 15 is 0 Å². The van der Waals surface area contributed by atoms with Crippen molar-refractivity contribution in [2.75, 3.05) is 44.6 Å². The first-order valence-corrected chi connectivity index (χ1v) is 9.74. The van der Waals surface area contributed by atoms with Crippen LogP contribution in [0.3, 0.4) is 0 Å². The molecule has 0 aromatic carbocycles. The summed E-state index contributed by atoms with van der Waals surface area (Å²) in [5, 5.41) is 10.1. The van der Waals surface area contributed by atoms with Crippen LogP contribution in [0.15, 0.2) is 29.4 Å². The Hall–Kier alpha value is -1.09. The maximum absolute atomic E-state index is 4.79. The highest BCUT2D eigenvalue weighted by Crippen LogP contribution is 2.16. The van der Waals surface area contributed by atoms with Gasteiger partial charge < -0.3 is 16.0 Å². The SMILES string of the molecule is CCNC(=NCC1CCCN1CC)NCCCCNc1ccccn1.I. The summed E-state index contributed by atoms with van der Waals surface area (Å²) >= 11 is 0. The average molecular weight is 474 g/mol. The lowest BCUT2D eigenvalue weighted by atomic mass is 10.2. The molecule has 0 aliphatic carbocycles. The number of aromatic nitrogens is 1. The van der Waals surface area contributed by atoms with E-state index in [2.05, 4.69) is 39.7 Å². The second-order valence-electron chi connectivity index (χ2n) is 6.42. The van der Waals surface area contributed by atoms with Gasteiger partial charge in [0.1, 0.15) is 5.82 Å². The van der Waals surface area contributed by atoms with Gasteiger partial charge in [0.05, 0.1) is 6.54 Å². The molecule has 1 fully saturated rings. The Morgan fingerprint density at radius 2 is 2.08 bits per heavy atom. The molecule has 2 rings (SSSR count). The molecule has 26 heavy (non-hydrogen) atoms. The predicted octanol–water partition coefficient (Wildman–Crippen LogP) is 2.93. The van der Waals surface area contributed by atoms with Gasteiger partial charge in [-0.3, -0.25) is 9.89 Å². The lowest BCUT2D eigenvalue weighted by Gasteiger charge is -2.21. The van der Waals surface area contributed by atoms with Crippen molar-refractivity contribution in [3.63, 3.8) is 0 Å². The Kier molecular flexibility index (Phi) is 12.4. The van der Waals surface area contributed by atoms with E-state index in [1.807, 2.05) is 24.4 Å². The van der Waals surface area contributed by atoms with Crippen molar-refractivity contribution in [2.45, 2.75) is 45.6 Å². The molecule has 148 valence electrons. The fourth-order valence-electron chi connectivity index (χ4n) is 3.20. The zero-order valence-electron chi connectivity index (χ0n) is 16.2. The second kappa shape index (κ2) is 14.0. The Bertz CT molecular complexity index is 496. The molecule has 1 saturated heterocycles. The van der Waals surface area contributed by atoms with Crippen molar-refractivity contribution < 1.29 is 0 Å². The first-order chi connectivity index (χ1) is 12.3. The van der Waals surface area contributed by atoms with Gasteiger partial charge in [-0.15, -0.1) is 24.0 Å². The number of guanidine groups is 1. The molecule has 1 unspecified atom stereocenters. The number of hydrogen-bond donors (Lipinski definition) is 3. The quantitative estimate of drug-likeness (QED) is 0.211. The summed E-state index contributed by atoms with van der Waals surface area (Å²) in [5.41, 5.74) is 0. The van der Waals surface area contributed by atoms with Crippen LogP contribution in [0, 0.1) is 0 Å². The minimum Gasteiger partial charge on any atom is -0.370 e. The highest BCUT2D eigenvalue weighted by Gasteiger charge is 2.22. The van der Waals surface area contributed by atoms with Gasteiger partial charge in [0.25, 0.3) is 0 Å². The number of anilines is 1. The van der Waals surface area contributed by atoms with Crippen molar-refractivity contribution in [2.24, 2.45) is 4.99 Å². The predicted molar refractivity (Wildman–Crippen MR) is 122 cm³/mol. The normalized spacial score (nSPS) is 17.6. The van der Waals surface area contributed by atoms with E-state index in [1.165, 1.54) is 19.4 Å². The molecule has 1 atom stereocenters. The molecule has 0 spiro atoms. The number of likely N-dealkylation sites (N-methyl/N-ethyl adjacent to an activating group) is 1. The Labute approximate surface area is 175 Å². The zero-order chi connectivity index (χ0) is 17.7. The highest BCUT2D eigenvalue weighted by atomic mass is 127. The molecule has 0 radical (unpaired) electrons. The van der Waals surface area contributed by atoms with Gasteiger partial charge in [0.15, 0.2) is 5.96 Å². The number of rotatable bonds is 10. The number of pyridine rings is 1. The van der Waals surface area contributed by atoms with E-state index in [0.29, 0.717) is 6.04 Å². The van der Waals surface area contributed by atoms with Crippen LogP contribution in [0.5, 0.6) is 0 Å². The van der Waals surface area contributed by atoms with Gasteiger partial charge in [-0.1, -0.05) is 13.0 Å². The minimum absolute atomic E-state index is 0. The molecule has 0 bridgehead atoms. The summed E-state index contributed by atoms with van der Waals surface area (Å²) in [5.74, 6) is 1.89. The summed E-state index contributed by atoms with van der Waals surface area (Å²) < 4.78 is 0. The molecular formula is C19H35IN6. The fraction of sp³-hybridized carbons (Fsp3) is 0.684. The van der Waals surface area contributed by atoms with Crippen LogP contribution in [0.2, 0.25) is 0 Å². The van der Waals surface area contributed by atoms with Crippen LogP contribution in [0.4, 0.5) is 5.82 Å².